The second-order valence-electron chi connectivity index (χ2n) is 20.9. The summed E-state index contributed by atoms with van der Waals surface area (Å²) in [4.78, 5) is 63.7. The standard InChI is InChI=1S/C29H39F2N3O4S.C22H33N3O4S/c30-28(31)38-29-13-18-10-19(14-29)25(20(11-18)15-29)33-26(37)22-6-7-23(34-9-8-17(16-34)12-24(35)36)32-27(22)39-21-4-2-1-3-5-21;1-3-13-30-20-17(21(28)25(2)16-7-11-29-12-8-16)5-6-18(24-20)22(14-19(26)27)9-4-10-23-15-22/h6-7,17-21,25,28H,1-5,8-16H2,(H,33,37)(H,35,36);5-6,16,23H,3-4,7-15H2,1-2H3,(H,26,27)/t17-,18?,19?,20?,25?,29?;22-/m00/s1. The second kappa shape index (κ2) is 23.3. The number of hydrogen-bond donors (Lipinski definition) is 4. The van der Waals surface area contributed by atoms with E-state index >= 15 is 0 Å². The molecule has 380 valence electrons. The third-order valence-electron chi connectivity index (χ3n) is 15.9. The summed E-state index contributed by atoms with van der Waals surface area (Å²) >= 11 is 3.29. The van der Waals surface area contributed by atoms with Gasteiger partial charge < -0.3 is 40.1 Å². The maximum Gasteiger partial charge on any atom is 0.345 e. The third-order valence-corrected chi connectivity index (χ3v) is 18.5. The highest BCUT2D eigenvalue weighted by Crippen LogP contribution is 2.57. The van der Waals surface area contributed by atoms with Crippen molar-refractivity contribution in [3.63, 3.8) is 0 Å². The quantitative estimate of drug-likeness (QED) is 0.111. The van der Waals surface area contributed by atoms with Crippen molar-refractivity contribution in [2.24, 2.45) is 23.7 Å². The van der Waals surface area contributed by atoms with Gasteiger partial charge in [0.05, 0.1) is 23.1 Å². The highest BCUT2D eigenvalue weighted by Gasteiger charge is 2.57. The molecule has 14 nitrogen and oxygen atoms in total. The largest absolute Gasteiger partial charge is 0.481 e. The molecule has 0 radical (unpaired) electrons. The van der Waals surface area contributed by atoms with Gasteiger partial charge in [-0.05, 0) is 144 Å². The predicted molar refractivity (Wildman–Crippen MR) is 261 cm³/mol. The lowest BCUT2D eigenvalue weighted by Crippen LogP contribution is -2.62. The van der Waals surface area contributed by atoms with Gasteiger partial charge in [-0.15, -0.1) is 23.5 Å². The number of halogens is 2. The molecule has 8 fully saturated rings. The minimum atomic E-state index is -2.76. The highest BCUT2D eigenvalue weighted by atomic mass is 32.2. The molecule has 18 heteroatoms. The molecule has 0 aromatic carbocycles. The van der Waals surface area contributed by atoms with Crippen molar-refractivity contribution < 1.29 is 47.6 Å². The van der Waals surface area contributed by atoms with E-state index in [4.69, 9.17) is 19.4 Å². The van der Waals surface area contributed by atoms with E-state index in [2.05, 4.69) is 22.5 Å². The maximum atomic E-state index is 13.8. The van der Waals surface area contributed by atoms with E-state index < -0.39 is 29.6 Å². The van der Waals surface area contributed by atoms with Gasteiger partial charge in [0.25, 0.3) is 11.8 Å². The fourth-order valence-corrected chi connectivity index (χ4v) is 15.0. The van der Waals surface area contributed by atoms with Crippen LogP contribution in [-0.2, 0) is 24.5 Å². The van der Waals surface area contributed by atoms with Gasteiger partial charge in [0.2, 0.25) is 0 Å². The van der Waals surface area contributed by atoms with Crippen molar-refractivity contribution >= 4 is 53.1 Å². The molecule has 4 bridgehead atoms. The molecule has 2 amide bonds. The highest BCUT2D eigenvalue weighted by molar-refractivity contribution is 8.00. The van der Waals surface area contributed by atoms with Gasteiger partial charge in [-0.1, -0.05) is 26.2 Å². The van der Waals surface area contributed by atoms with E-state index in [1.165, 1.54) is 19.3 Å². The van der Waals surface area contributed by atoms with Gasteiger partial charge in [-0.3, -0.25) is 19.2 Å². The van der Waals surface area contributed by atoms with Gasteiger partial charge in [-0.2, -0.15) is 8.78 Å². The minimum absolute atomic E-state index is 0.0198. The minimum Gasteiger partial charge on any atom is -0.481 e. The first kappa shape index (κ1) is 51.8. The molecule has 69 heavy (non-hydrogen) atoms. The van der Waals surface area contributed by atoms with Crippen LogP contribution in [0.4, 0.5) is 14.6 Å². The number of alkyl halides is 2. The van der Waals surface area contributed by atoms with Crippen molar-refractivity contribution in [3.05, 3.63) is 41.1 Å². The zero-order chi connectivity index (χ0) is 48.7. The second-order valence-corrected chi connectivity index (χ2v) is 23.3. The summed E-state index contributed by atoms with van der Waals surface area (Å²) in [5, 5.41) is 27.3. The van der Waals surface area contributed by atoms with Crippen molar-refractivity contribution in [1.29, 1.82) is 0 Å². The van der Waals surface area contributed by atoms with Gasteiger partial charge in [0.15, 0.2) is 0 Å². The fraction of sp³-hybridized carbons (Fsp3) is 0.725. The number of rotatable bonds is 17. The SMILES string of the molecule is CCCSc1nc([C@]2(CC(=O)O)CCCNC2)ccc1C(=O)N(C)C1CCOCC1.O=C(O)C[C@@H]1CCN(c2ccc(C(=O)NC3C4CC5CC3CC(OC(F)F)(C5)C4)c(SC3CCCCC3)n2)C1. The molecule has 2 aromatic rings. The molecule has 8 aliphatic rings. The Balaban J connectivity index is 0.000000193. The first-order valence-electron chi connectivity index (χ1n) is 25.6. The summed E-state index contributed by atoms with van der Waals surface area (Å²) in [7, 11) is 1.86. The van der Waals surface area contributed by atoms with Gasteiger partial charge in [-0.25, -0.2) is 9.97 Å². The van der Waals surface area contributed by atoms with Crippen molar-refractivity contribution in [1.82, 2.24) is 25.5 Å². The lowest BCUT2D eigenvalue weighted by Gasteiger charge is -2.59. The van der Waals surface area contributed by atoms with Crippen molar-refractivity contribution in [2.45, 2.75) is 168 Å². The van der Waals surface area contributed by atoms with Crippen LogP contribution in [-0.4, -0.2) is 131 Å². The molecule has 5 heterocycles. The van der Waals surface area contributed by atoms with Crippen LogP contribution in [0.25, 0.3) is 0 Å². The zero-order valence-corrected chi connectivity index (χ0v) is 41.9. The summed E-state index contributed by atoms with van der Waals surface area (Å²) in [5.74, 6) is 0.768. The average Bonchev–Trinajstić information content (AvgIpc) is 3.79. The molecular formula is C51H72F2N6O8S2. The number of nitrogens with one attached hydrogen (secondary N) is 2. The fourth-order valence-electron chi connectivity index (χ4n) is 12.8. The van der Waals surface area contributed by atoms with E-state index in [1.54, 1.807) is 23.5 Å². The van der Waals surface area contributed by atoms with E-state index in [9.17, 15) is 38.2 Å². The number of pyridine rings is 2. The number of aromatic nitrogens is 2. The molecule has 4 atom stereocenters. The Morgan fingerprint density at radius 1 is 0.942 bits per heavy atom. The van der Waals surface area contributed by atoms with Crippen LogP contribution in [0.5, 0.6) is 0 Å². The number of ether oxygens (including phenoxy) is 2. The van der Waals surface area contributed by atoms with Crippen molar-refractivity contribution in [2.75, 3.05) is 57.1 Å². The summed E-state index contributed by atoms with van der Waals surface area (Å²) in [6.45, 7) is 3.62. The summed E-state index contributed by atoms with van der Waals surface area (Å²) in [5.41, 5.74) is 0.717. The third kappa shape index (κ3) is 12.7. The normalized spacial score (nSPS) is 29.1. The Labute approximate surface area is 414 Å². The molecule has 0 spiro atoms. The van der Waals surface area contributed by atoms with Crippen LogP contribution >= 0.6 is 23.5 Å². The Kier molecular flexibility index (Phi) is 17.5. The Morgan fingerprint density at radius 2 is 1.68 bits per heavy atom. The van der Waals surface area contributed by atoms with Crippen molar-refractivity contribution in [3.8, 4) is 0 Å². The number of piperidine rings is 1. The number of carboxylic acids is 2. The number of carbonyl (C=O) groups is 4. The number of anilines is 1. The number of carbonyl (C=O) groups excluding carboxylic acids is 2. The molecule has 2 unspecified atom stereocenters. The van der Waals surface area contributed by atoms with Gasteiger partial charge >= 0.3 is 18.6 Å². The first-order chi connectivity index (χ1) is 33.2. The zero-order valence-electron chi connectivity index (χ0n) is 40.3. The molecule has 3 aliphatic heterocycles. The molecule has 5 aliphatic carbocycles. The number of hydrogen-bond acceptors (Lipinski definition) is 12. The molecule has 5 saturated carbocycles. The number of carboxylic acid groups (broad SMARTS) is 2. The molecular weight excluding hydrogens is 927 g/mol. The average molecular weight is 999 g/mol. The Morgan fingerprint density at radius 3 is 2.35 bits per heavy atom. The Hall–Kier alpha value is -3.58. The van der Waals surface area contributed by atoms with Crippen LogP contribution in [0.15, 0.2) is 34.3 Å². The van der Waals surface area contributed by atoms with Crippen LogP contribution in [0.1, 0.15) is 149 Å². The van der Waals surface area contributed by atoms with Crippen LogP contribution in [0.3, 0.4) is 0 Å². The number of thioether (sulfide) groups is 2. The smallest absolute Gasteiger partial charge is 0.345 e. The summed E-state index contributed by atoms with van der Waals surface area (Å²) in [6, 6.07) is 7.66. The van der Waals surface area contributed by atoms with Crippen LogP contribution < -0.4 is 15.5 Å². The van der Waals surface area contributed by atoms with Crippen LogP contribution in [0.2, 0.25) is 0 Å². The molecule has 4 N–H and O–H groups in total. The predicted octanol–water partition coefficient (Wildman–Crippen LogP) is 8.65. The van der Waals surface area contributed by atoms with Gasteiger partial charge in [0, 0.05) is 74.8 Å². The number of nitrogens with zero attached hydrogens (tertiary/aromatic N) is 4. The maximum absolute atomic E-state index is 13.8. The molecule has 3 saturated heterocycles. The van der Waals surface area contributed by atoms with Crippen LogP contribution in [0, 0.1) is 23.7 Å². The lowest BCUT2D eigenvalue weighted by atomic mass is 9.52. The molecule has 2 aromatic heterocycles. The lowest BCUT2D eigenvalue weighted by molar-refractivity contribution is -0.260. The monoisotopic (exact) mass is 998 g/mol. The topological polar surface area (TPSA) is 184 Å². The number of aliphatic carboxylic acids is 2. The van der Waals surface area contributed by atoms with E-state index in [0.29, 0.717) is 72.9 Å². The first-order valence-corrected chi connectivity index (χ1v) is 27.4. The number of amides is 2. The van der Waals surface area contributed by atoms with Gasteiger partial charge in [0.1, 0.15) is 15.9 Å². The molecule has 10 rings (SSSR count). The summed E-state index contributed by atoms with van der Waals surface area (Å²) < 4.78 is 37.0. The van der Waals surface area contributed by atoms with E-state index in [0.717, 1.165) is 99.6 Å². The van der Waals surface area contributed by atoms with E-state index in [-0.39, 0.29) is 54.5 Å². The van der Waals surface area contributed by atoms with E-state index in [1.807, 2.05) is 36.2 Å². The summed E-state index contributed by atoms with van der Waals surface area (Å²) in [6.07, 6.45) is 15.1. The Bertz CT molecular complexity index is 2100.